The molecule has 1 aliphatic heterocycles. The van der Waals surface area contributed by atoms with Crippen molar-refractivity contribution in [3.05, 3.63) is 52.2 Å². The maximum atomic E-state index is 12.3. The lowest BCUT2D eigenvalue weighted by Crippen LogP contribution is -2.44. The Hall–Kier alpha value is -2.33. The van der Waals surface area contributed by atoms with Gasteiger partial charge in [-0.1, -0.05) is 18.1 Å². The number of amides is 2. The zero-order chi connectivity index (χ0) is 17.5. The average Bonchev–Trinajstić information content (AvgIpc) is 3.17. The predicted octanol–water partition coefficient (Wildman–Crippen LogP) is 2.92. The van der Waals surface area contributed by atoms with Crippen LogP contribution in [0, 0.1) is 12.3 Å². The molecule has 0 saturated carbocycles. The highest BCUT2D eigenvalue weighted by atomic mass is 32.1. The van der Waals surface area contributed by atoms with Gasteiger partial charge in [-0.3, -0.25) is 4.90 Å². The molecule has 25 heavy (non-hydrogen) atoms. The SMILES string of the molecule is C#Cc1cccc(NC(=O)NC[C@@H](c2cccs2)N2CCOCC2)c1. The number of morpholine rings is 1. The van der Waals surface area contributed by atoms with Crippen molar-refractivity contribution in [2.75, 3.05) is 38.2 Å². The van der Waals surface area contributed by atoms with E-state index in [-0.39, 0.29) is 12.1 Å². The third kappa shape index (κ3) is 4.83. The predicted molar refractivity (Wildman–Crippen MR) is 101 cm³/mol. The summed E-state index contributed by atoms with van der Waals surface area (Å²) in [6, 6.07) is 11.3. The molecule has 2 aromatic rings. The van der Waals surface area contributed by atoms with Gasteiger partial charge in [-0.05, 0) is 29.6 Å². The normalized spacial score (nSPS) is 16.0. The van der Waals surface area contributed by atoms with E-state index in [0.29, 0.717) is 12.2 Å². The van der Waals surface area contributed by atoms with Gasteiger partial charge in [-0.15, -0.1) is 17.8 Å². The van der Waals surface area contributed by atoms with Gasteiger partial charge < -0.3 is 15.4 Å². The minimum atomic E-state index is -0.232. The molecule has 3 rings (SSSR count). The number of carbonyl (C=O) groups is 1. The maximum Gasteiger partial charge on any atom is 0.319 e. The fraction of sp³-hybridized carbons (Fsp3) is 0.316. The summed E-state index contributed by atoms with van der Waals surface area (Å²) in [5.74, 6) is 2.56. The monoisotopic (exact) mass is 355 g/mol. The number of terminal acetylenes is 1. The van der Waals surface area contributed by atoms with Crippen molar-refractivity contribution < 1.29 is 9.53 Å². The van der Waals surface area contributed by atoms with Gasteiger partial charge in [0.1, 0.15) is 0 Å². The van der Waals surface area contributed by atoms with Crippen LogP contribution in [0.2, 0.25) is 0 Å². The number of urea groups is 1. The van der Waals surface area contributed by atoms with Crippen LogP contribution in [0.15, 0.2) is 41.8 Å². The Labute approximate surface area is 152 Å². The van der Waals surface area contributed by atoms with Crippen LogP contribution in [0.4, 0.5) is 10.5 Å². The first-order chi connectivity index (χ1) is 12.3. The van der Waals surface area contributed by atoms with Crippen LogP contribution in [-0.2, 0) is 4.74 Å². The van der Waals surface area contributed by atoms with E-state index in [1.165, 1.54) is 4.88 Å². The molecule has 0 unspecified atom stereocenters. The lowest BCUT2D eigenvalue weighted by molar-refractivity contribution is 0.0175. The zero-order valence-corrected chi connectivity index (χ0v) is 14.7. The van der Waals surface area contributed by atoms with E-state index in [1.807, 2.05) is 24.3 Å². The van der Waals surface area contributed by atoms with Crippen molar-refractivity contribution in [3.8, 4) is 12.3 Å². The van der Waals surface area contributed by atoms with Gasteiger partial charge >= 0.3 is 6.03 Å². The van der Waals surface area contributed by atoms with E-state index in [2.05, 4.69) is 32.9 Å². The quantitative estimate of drug-likeness (QED) is 0.811. The summed E-state index contributed by atoms with van der Waals surface area (Å²) in [6.45, 7) is 3.74. The minimum Gasteiger partial charge on any atom is -0.379 e. The van der Waals surface area contributed by atoms with Gasteiger partial charge in [-0.2, -0.15) is 0 Å². The van der Waals surface area contributed by atoms with Crippen LogP contribution in [0.1, 0.15) is 16.5 Å². The molecule has 2 heterocycles. The summed E-state index contributed by atoms with van der Waals surface area (Å²) in [6.07, 6.45) is 5.39. The lowest BCUT2D eigenvalue weighted by Gasteiger charge is -2.34. The second kappa shape index (κ2) is 8.67. The first-order valence-corrected chi connectivity index (χ1v) is 9.11. The Kier molecular flexibility index (Phi) is 6.07. The first kappa shape index (κ1) is 17.5. The number of hydrogen-bond donors (Lipinski definition) is 2. The maximum absolute atomic E-state index is 12.3. The highest BCUT2D eigenvalue weighted by molar-refractivity contribution is 7.10. The van der Waals surface area contributed by atoms with Gasteiger partial charge in [0.25, 0.3) is 0 Å². The van der Waals surface area contributed by atoms with E-state index in [9.17, 15) is 4.79 Å². The van der Waals surface area contributed by atoms with Crippen LogP contribution in [-0.4, -0.2) is 43.8 Å². The van der Waals surface area contributed by atoms with Crippen molar-refractivity contribution in [1.82, 2.24) is 10.2 Å². The third-order valence-electron chi connectivity index (χ3n) is 4.10. The summed E-state index contributed by atoms with van der Waals surface area (Å²) in [4.78, 5) is 15.9. The van der Waals surface area contributed by atoms with E-state index >= 15 is 0 Å². The molecule has 6 heteroatoms. The van der Waals surface area contributed by atoms with Gasteiger partial charge in [-0.25, -0.2) is 4.79 Å². The number of benzene rings is 1. The molecular formula is C19H21N3O2S. The molecule has 1 aliphatic rings. The fourth-order valence-electron chi connectivity index (χ4n) is 2.83. The Morgan fingerprint density at radius 1 is 1.32 bits per heavy atom. The number of nitrogens with one attached hydrogen (secondary N) is 2. The van der Waals surface area contributed by atoms with Crippen LogP contribution < -0.4 is 10.6 Å². The molecule has 2 amide bonds. The minimum absolute atomic E-state index is 0.159. The molecule has 0 aliphatic carbocycles. The number of carbonyl (C=O) groups excluding carboxylic acids is 1. The third-order valence-corrected chi connectivity index (χ3v) is 5.07. The topological polar surface area (TPSA) is 53.6 Å². The summed E-state index contributed by atoms with van der Waals surface area (Å²) in [7, 11) is 0. The largest absolute Gasteiger partial charge is 0.379 e. The number of nitrogens with zero attached hydrogens (tertiary/aromatic N) is 1. The number of anilines is 1. The molecule has 2 N–H and O–H groups in total. The number of hydrogen-bond acceptors (Lipinski definition) is 4. The van der Waals surface area contributed by atoms with Crippen LogP contribution >= 0.6 is 11.3 Å². The van der Waals surface area contributed by atoms with Crippen molar-refractivity contribution in [1.29, 1.82) is 0 Å². The molecule has 0 radical (unpaired) electrons. The van der Waals surface area contributed by atoms with Gasteiger partial charge in [0.15, 0.2) is 0 Å². The molecule has 130 valence electrons. The smallest absolute Gasteiger partial charge is 0.319 e. The summed E-state index contributed by atoms with van der Waals surface area (Å²) < 4.78 is 5.44. The molecule has 1 aromatic heterocycles. The van der Waals surface area contributed by atoms with Crippen molar-refractivity contribution in [3.63, 3.8) is 0 Å². The van der Waals surface area contributed by atoms with Gasteiger partial charge in [0.05, 0.1) is 19.3 Å². The van der Waals surface area contributed by atoms with Crippen molar-refractivity contribution >= 4 is 23.1 Å². The Balaban J connectivity index is 1.60. The summed E-state index contributed by atoms with van der Waals surface area (Å²) in [5, 5.41) is 7.88. The van der Waals surface area contributed by atoms with E-state index in [4.69, 9.17) is 11.2 Å². The highest BCUT2D eigenvalue weighted by Crippen LogP contribution is 2.25. The average molecular weight is 355 g/mol. The van der Waals surface area contributed by atoms with Gasteiger partial charge in [0, 0.05) is 35.8 Å². The number of ether oxygens (including phenoxy) is 1. The first-order valence-electron chi connectivity index (χ1n) is 8.23. The molecule has 5 nitrogen and oxygen atoms in total. The second-order valence-corrected chi connectivity index (χ2v) is 6.72. The van der Waals surface area contributed by atoms with Crippen LogP contribution in [0.25, 0.3) is 0 Å². The van der Waals surface area contributed by atoms with Crippen LogP contribution in [0.3, 0.4) is 0 Å². The zero-order valence-electron chi connectivity index (χ0n) is 13.9. The van der Waals surface area contributed by atoms with E-state index in [1.54, 1.807) is 17.4 Å². The second-order valence-electron chi connectivity index (χ2n) is 5.74. The Morgan fingerprint density at radius 2 is 2.16 bits per heavy atom. The summed E-state index contributed by atoms with van der Waals surface area (Å²) in [5.41, 5.74) is 1.43. The van der Waals surface area contributed by atoms with Crippen LogP contribution in [0.5, 0.6) is 0 Å². The molecule has 1 fully saturated rings. The molecular weight excluding hydrogens is 334 g/mol. The summed E-state index contributed by atoms with van der Waals surface area (Å²) >= 11 is 1.71. The van der Waals surface area contributed by atoms with E-state index < -0.39 is 0 Å². The standard InChI is InChI=1S/C19H21N3O2S/c1-2-15-5-3-6-16(13-15)21-19(23)20-14-17(18-7-4-12-25-18)22-8-10-24-11-9-22/h1,3-7,12-13,17H,8-11,14H2,(H2,20,21,23)/t17-/m0/s1. The molecule has 0 spiro atoms. The molecule has 1 atom stereocenters. The molecule has 0 bridgehead atoms. The fourth-order valence-corrected chi connectivity index (χ4v) is 3.69. The Bertz CT molecular complexity index is 733. The van der Waals surface area contributed by atoms with Crippen molar-refractivity contribution in [2.45, 2.75) is 6.04 Å². The molecule has 1 aromatic carbocycles. The Morgan fingerprint density at radius 3 is 2.88 bits per heavy atom. The lowest BCUT2D eigenvalue weighted by atomic mass is 10.2. The molecule has 1 saturated heterocycles. The van der Waals surface area contributed by atoms with Gasteiger partial charge in [0.2, 0.25) is 0 Å². The highest BCUT2D eigenvalue weighted by Gasteiger charge is 2.23. The number of rotatable bonds is 5. The van der Waals surface area contributed by atoms with E-state index in [0.717, 1.165) is 31.9 Å². The number of thiophene rings is 1. The van der Waals surface area contributed by atoms with Crippen molar-refractivity contribution in [2.24, 2.45) is 0 Å².